The third-order valence-corrected chi connectivity index (χ3v) is 3.23. The molecule has 0 radical (unpaired) electrons. The van der Waals surface area contributed by atoms with Crippen LogP contribution in [0, 0.1) is 0 Å². The van der Waals surface area contributed by atoms with Crippen molar-refractivity contribution in [2.24, 2.45) is 5.73 Å². The maximum atomic E-state index is 11.7. The van der Waals surface area contributed by atoms with Crippen molar-refractivity contribution in [2.75, 3.05) is 6.54 Å². The number of aryl methyl sites for hydroxylation is 1. The van der Waals surface area contributed by atoms with Crippen molar-refractivity contribution >= 4 is 22.0 Å². The summed E-state index contributed by atoms with van der Waals surface area (Å²) in [4.78, 5) is 11.7. The van der Waals surface area contributed by atoms with Gasteiger partial charge in [-0.25, -0.2) is 4.79 Å². The van der Waals surface area contributed by atoms with Crippen LogP contribution in [0.15, 0.2) is 28.7 Å². The molecule has 5 heteroatoms. The minimum absolute atomic E-state index is 0.0755. The summed E-state index contributed by atoms with van der Waals surface area (Å²) in [5, 5.41) is 2.81. The molecule has 1 atom stereocenters. The van der Waals surface area contributed by atoms with Crippen LogP contribution < -0.4 is 11.1 Å². The Morgan fingerprint density at radius 3 is 2.45 bits per heavy atom. The van der Waals surface area contributed by atoms with Crippen LogP contribution >= 0.6 is 15.9 Å². The van der Waals surface area contributed by atoms with Gasteiger partial charge in [-0.1, -0.05) is 28.1 Å². The van der Waals surface area contributed by atoms with Crippen LogP contribution in [0.25, 0.3) is 0 Å². The number of carbonyl (C=O) groups is 1. The standard InChI is InChI=1S/C15H23BrN2O2/c1-15(2,3)20-14(19)18-13(10-17)9-6-11-4-7-12(16)8-5-11/h4-5,7-8,13H,6,9-10,17H2,1-3H3,(H,18,19). The van der Waals surface area contributed by atoms with Crippen molar-refractivity contribution in [3.8, 4) is 0 Å². The molecule has 112 valence electrons. The van der Waals surface area contributed by atoms with Crippen LogP contribution in [0.1, 0.15) is 32.8 Å². The third-order valence-electron chi connectivity index (χ3n) is 2.70. The monoisotopic (exact) mass is 342 g/mol. The van der Waals surface area contributed by atoms with Gasteiger partial charge in [0.25, 0.3) is 0 Å². The number of rotatable bonds is 5. The van der Waals surface area contributed by atoms with Gasteiger partial charge in [-0.3, -0.25) is 0 Å². The molecule has 0 heterocycles. The summed E-state index contributed by atoms with van der Waals surface area (Å²) >= 11 is 3.41. The van der Waals surface area contributed by atoms with Crippen LogP contribution in [-0.2, 0) is 11.2 Å². The Morgan fingerprint density at radius 2 is 1.95 bits per heavy atom. The van der Waals surface area contributed by atoms with Gasteiger partial charge in [0.2, 0.25) is 0 Å². The summed E-state index contributed by atoms with van der Waals surface area (Å²) in [5.74, 6) is 0. The largest absolute Gasteiger partial charge is 0.444 e. The van der Waals surface area contributed by atoms with E-state index in [4.69, 9.17) is 10.5 Å². The van der Waals surface area contributed by atoms with Gasteiger partial charge in [0, 0.05) is 17.1 Å². The molecular formula is C15H23BrN2O2. The fourth-order valence-corrected chi connectivity index (χ4v) is 1.98. The number of hydrogen-bond donors (Lipinski definition) is 2. The van der Waals surface area contributed by atoms with Gasteiger partial charge in [-0.2, -0.15) is 0 Å². The Bertz CT molecular complexity index is 426. The smallest absolute Gasteiger partial charge is 0.407 e. The predicted octanol–water partition coefficient (Wildman–Crippen LogP) is 3.23. The fourth-order valence-electron chi connectivity index (χ4n) is 1.72. The first-order chi connectivity index (χ1) is 9.30. The van der Waals surface area contributed by atoms with E-state index >= 15 is 0 Å². The van der Waals surface area contributed by atoms with Crippen LogP contribution in [0.5, 0.6) is 0 Å². The second-order valence-corrected chi connectivity index (χ2v) is 6.66. The molecule has 0 spiro atoms. The Balaban J connectivity index is 2.43. The van der Waals surface area contributed by atoms with Gasteiger partial charge in [-0.15, -0.1) is 0 Å². The number of hydrogen-bond acceptors (Lipinski definition) is 3. The summed E-state index contributed by atoms with van der Waals surface area (Å²) in [6.45, 7) is 5.92. The van der Waals surface area contributed by atoms with E-state index in [1.165, 1.54) is 5.56 Å². The Morgan fingerprint density at radius 1 is 1.35 bits per heavy atom. The highest BCUT2D eigenvalue weighted by Crippen LogP contribution is 2.13. The van der Waals surface area contributed by atoms with Crippen LogP contribution in [0.4, 0.5) is 4.79 Å². The number of halogens is 1. The molecule has 0 saturated carbocycles. The molecule has 0 aliphatic rings. The number of amides is 1. The highest BCUT2D eigenvalue weighted by molar-refractivity contribution is 9.10. The van der Waals surface area contributed by atoms with Crippen molar-refractivity contribution in [3.63, 3.8) is 0 Å². The average Bonchev–Trinajstić information content (AvgIpc) is 2.34. The minimum Gasteiger partial charge on any atom is -0.444 e. The lowest BCUT2D eigenvalue weighted by atomic mass is 10.1. The zero-order chi connectivity index (χ0) is 15.2. The van der Waals surface area contributed by atoms with E-state index in [9.17, 15) is 4.79 Å². The van der Waals surface area contributed by atoms with Crippen LogP contribution in [-0.4, -0.2) is 24.3 Å². The zero-order valence-corrected chi connectivity index (χ0v) is 13.9. The van der Waals surface area contributed by atoms with E-state index in [-0.39, 0.29) is 6.04 Å². The first kappa shape index (κ1) is 17.0. The van der Waals surface area contributed by atoms with Crippen molar-refractivity contribution in [1.82, 2.24) is 5.32 Å². The maximum Gasteiger partial charge on any atom is 0.407 e. The number of benzene rings is 1. The Kier molecular flexibility index (Phi) is 6.49. The number of ether oxygens (including phenoxy) is 1. The summed E-state index contributed by atoms with van der Waals surface area (Å²) in [7, 11) is 0. The van der Waals surface area contributed by atoms with Crippen molar-refractivity contribution in [2.45, 2.75) is 45.3 Å². The summed E-state index contributed by atoms with van der Waals surface area (Å²) in [6.07, 6.45) is 1.24. The zero-order valence-electron chi connectivity index (χ0n) is 12.3. The minimum atomic E-state index is -0.491. The van der Waals surface area contributed by atoms with Gasteiger partial charge >= 0.3 is 6.09 Å². The molecule has 0 aliphatic carbocycles. The lowest BCUT2D eigenvalue weighted by molar-refractivity contribution is 0.0503. The van der Waals surface area contributed by atoms with Gasteiger partial charge in [-0.05, 0) is 51.3 Å². The molecule has 1 aromatic rings. The molecule has 0 saturated heterocycles. The van der Waals surface area contributed by atoms with Gasteiger partial charge in [0.05, 0.1) is 0 Å². The first-order valence-electron chi connectivity index (χ1n) is 6.74. The van der Waals surface area contributed by atoms with Crippen molar-refractivity contribution in [1.29, 1.82) is 0 Å². The van der Waals surface area contributed by atoms with Gasteiger partial charge in [0.15, 0.2) is 0 Å². The Hall–Kier alpha value is -1.07. The normalized spacial score (nSPS) is 12.8. The molecule has 1 aromatic carbocycles. The van der Waals surface area contributed by atoms with E-state index in [1.807, 2.05) is 32.9 Å². The number of nitrogens with one attached hydrogen (secondary N) is 1. The van der Waals surface area contributed by atoms with E-state index in [0.29, 0.717) is 6.54 Å². The van der Waals surface area contributed by atoms with E-state index in [2.05, 4.69) is 33.4 Å². The van der Waals surface area contributed by atoms with Crippen LogP contribution in [0.2, 0.25) is 0 Å². The van der Waals surface area contributed by atoms with E-state index < -0.39 is 11.7 Å². The highest BCUT2D eigenvalue weighted by atomic mass is 79.9. The molecule has 1 unspecified atom stereocenters. The van der Waals surface area contributed by atoms with Crippen molar-refractivity contribution in [3.05, 3.63) is 34.3 Å². The first-order valence-corrected chi connectivity index (χ1v) is 7.53. The highest BCUT2D eigenvalue weighted by Gasteiger charge is 2.18. The van der Waals surface area contributed by atoms with Gasteiger partial charge in [0.1, 0.15) is 5.60 Å². The summed E-state index contributed by atoms with van der Waals surface area (Å²) in [5.41, 5.74) is 6.42. The Labute approximate surface area is 129 Å². The molecule has 0 bridgehead atoms. The van der Waals surface area contributed by atoms with Crippen LogP contribution in [0.3, 0.4) is 0 Å². The maximum absolute atomic E-state index is 11.7. The second-order valence-electron chi connectivity index (χ2n) is 5.74. The lowest BCUT2D eigenvalue weighted by Gasteiger charge is -2.23. The summed E-state index contributed by atoms with van der Waals surface area (Å²) < 4.78 is 6.28. The SMILES string of the molecule is CC(C)(C)OC(=O)NC(CN)CCc1ccc(Br)cc1. The molecule has 0 aliphatic heterocycles. The molecule has 4 nitrogen and oxygen atoms in total. The molecule has 0 fully saturated rings. The molecule has 20 heavy (non-hydrogen) atoms. The molecule has 1 rings (SSSR count). The molecular weight excluding hydrogens is 320 g/mol. The van der Waals surface area contributed by atoms with Crippen molar-refractivity contribution < 1.29 is 9.53 Å². The molecule has 1 amide bonds. The quantitative estimate of drug-likeness (QED) is 0.863. The number of carbonyl (C=O) groups excluding carboxylic acids is 1. The van der Waals surface area contributed by atoms with E-state index in [0.717, 1.165) is 17.3 Å². The molecule has 0 aromatic heterocycles. The van der Waals surface area contributed by atoms with E-state index in [1.54, 1.807) is 0 Å². The lowest BCUT2D eigenvalue weighted by Crippen LogP contribution is -2.43. The van der Waals surface area contributed by atoms with Gasteiger partial charge < -0.3 is 15.8 Å². The topological polar surface area (TPSA) is 64.3 Å². The second kappa shape index (κ2) is 7.64. The molecule has 3 N–H and O–H groups in total. The number of alkyl carbamates (subject to hydrolysis) is 1. The average molecular weight is 343 g/mol. The summed E-state index contributed by atoms with van der Waals surface area (Å²) in [6, 6.07) is 8.06. The number of nitrogens with two attached hydrogens (primary N) is 1. The predicted molar refractivity (Wildman–Crippen MR) is 84.7 cm³/mol. The fraction of sp³-hybridized carbons (Fsp3) is 0.533. The third kappa shape index (κ3) is 6.91.